The molecule has 5 nitrogen and oxygen atoms in total. The van der Waals surface area contributed by atoms with Crippen LogP contribution in [-0.2, 0) is 0 Å². The van der Waals surface area contributed by atoms with E-state index in [1.54, 1.807) is 29.3 Å². The molecule has 138 valence electrons. The number of anilines is 2. The van der Waals surface area contributed by atoms with Gasteiger partial charge in [0, 0.05) is 32.7 Å². The predicted molar refractivity (Wildman–Crippen MR) is 102 cm³/mol. The molecule has 0 radical (unpaired) electrons. The molecule has 3 rings (SSSR count). The number of pyridine rings is 1. The number of hydrogen-bond acceptors (Lipinski definition) is 4. The van der Waals surface area contributed by atoms with Crippen molar-refractivity contribution in [3.8, 4) is 0 Å². The Kier molecular flexibility index (Phi) is 5.71. The molecule has 2 heterocycles. The molecule has 1 N–H and O–H groups in total. The van der Waals surface area contributed by atoms with Crippen molar-refractivity contribution >= 4 is 17.3 Å². The highest BCUT2D eigenvalue weighted by atomic mass is 19.1. The van der Waals surface area contributed by atoms with Crippen LogP contribution < -0.4 is 10.2 Å². The molecule has 26 heavy (non-hydrogen) atoms. The smallest absolute Gasteiger partial charge is 0.272 e. The van der Waals surface area contributed by atoms with Crippen molar-refractivity contribution in [1.29, 1.82) is 0 Å². The lowest BCUT2D eigenvalue weighted by Crippen LogP contribution is -2.49. The predicted octanol–water partition coefficient (Wildman–Crippen LogP) is 3.25. The van der Waals surface area contributed by atoms with Gasteiger partial charge in [0.2, 0.25) is 0 Å². The maximum atomic E-state index is 13.9. The quantitative estimate of drug-likeness (QED) is 0.893. The fourth-order valence-electron chi connectivity index (χ4n) is 2.97. The van der Waals surface area contributed by atoms with Crippen molar-refractivity contribution in [2.75, 3.05) is 42.9 Å². The molecule has 1 aliphatic rings. The van der Waals surface area contributed by atoms with Crippen molar-refractivity contribution < 1.29 is 9.18 Å². The summed E-state index contributed by atoms with van der Waals surface area (Å²) in [5.74, 6) is 0.245. The van der Waals surface area contributed by atoms with E-state index in [-0.39, 0.29) is 11.7 Å². The second-order valence-electron chi connectivity index (χ2n) is 6.94. The first kappa shape index (κ1) is 18.2. The van der Waals surface area contributed by atoms with Gasteiger partial charge in [-0.1, -0.05) is 26.0 Å². The standard InChI is InChI=1S/C20H25FN4O/c1-15(2)13-22-16-7-8-18(23-14-16)20(26)25-11-9-24(10-12-25)19-6-4-3-5-17(19)21/h3-8,14-15,22H,9-13H2,1-2H3. The lowest BCUT2D eigenvalue weighted by atomic mass is 10.2. The van der Waals surface area contributed by atoms with E-state index in [0.717, 1.165) is 12.2 Å². The van der Waals surface area contributed by atoms with Crippen LogP contribution in [0, 0.1) is 11.7 Å². The van der Waals surface area contributed by atoms with E-state index in [4.69, 9.17) is 0 Å². The van der Waals surface area contributed by atoms with Gasteiger partial charge in [0.15, 0.2) is 0 Å². The molecule has 1 saturated heterocycles. The average molecular weight is 356 g/mol. The lowest BCUT2D eigenvalue weighted by Gasteiger charge is -2.36. The number of nitrogens with zero attached hydrogens (tertiary/aromatic N) is 3. The van der Waals surface area contributed by atoms with Crippen molar-refractivity contribution in [1.82, 2.24) is 9.88 Å². The number of halogens is 1. The van der Waals surface area contributed by atoms with E-state index in [2.05, 4.69) is 24.1 Å². The fourth-order valence-corrected chi connectivity index (χ4v) is 2.97. The number of carbonyl (C=O) groups is 1. The zero-order chi connectivity index (χ0) is 18.5. The molecule has 1 aliphatic heterocycles. The molecular formula is C20H25FN4O. The molecule has 0 saturated carbocycles. The van der Waals surface area contributed by atoms with Crippen LogP contribution in [-0.4, -0.2) is 48.5 Å². The third-order valence-corrected chi connectivity index (χ3v) is 4.46. The molecule has 0 spiro atoms. The molecule has 1 aromatic carbocycles. The number of amides is 1. The third kappa shape index (κ3) is 4.31. The minimum atomic E-state index is -0.224. The third-order valence-electron chi connectivity index (χ3n) is 4.46. The molecule has 0 atom stereocenters. The summed E-state index contributed by atoms with van der Waals surface area (Å²) in [6.07, 6.45) is 1.70. The summed E-state index contributed by atoms with van der Waals surface area (Å²) in [5, 5.41) is 3.29. The molecule has 0 unspecified atom stereocenters. The van der Waals surface area contributed by atoms with Gasteiger partial charge in [-0.05, 0) is 30.2 Å². The van der Waals surface area contributed by atoms with Crippen molar-refractivity contribution in [3.05, 3.63) is 54.1 Å². The van der Waals surface area contributed by atoms with Crippen LogP contribution in [0.25, 0.3) is 0 Å². The number of hydrogen-bond donors (Lipinski definition) is 1. The lowest BCUT2D eigenvalue weighted by molar-refractivity contribution is 0.0741. The van der Waals surface area contributed by atoms with Crippen molar-refractivity contribution in [2.24, 2.45) is 5.92 Å². The van der Waals surface area contributed by atoms with Gasteiger partial charge in [0.25, 0.3) is 5.91 Å². The second kappa shape index (κ2) is 8.17. The number of aromatic nitrogens is 1. The molecule has 6 heteroatoms. The highest BCUT2D eigenvalue weighted by Crippen LogP contribution is 2.20. The van der Waals surface area contributed by atoms with Crippen molar-refractivity contribution in [3.63, 3.8) is 0 Å². The molecule has 1 aromatic heterocycles. The number of benzene rings is 1. The number of nitrogens with one attached hydrogen (secondary N) is 1. The monoisotopic (exact) mass is 356 g/mol. The molecule has 1 fully saturated rings. The topological polar surface area (TPSA) is 48.5 Å². The minimum absolute atomic E-state index is 0.0754. The van der Waals surface area contributed by atoms with Crippen LogP contribution in [0.2, 0.25) is 0 Å². The normalized spacial score (nSPS) is 14.6. The zero-order valence-electron chi connectivity index (χ0n) is 15.3. The Hall–Kier alpha value is -2.63. The summed E-state index contributed by atoms with van der Waals surface area (Å²) < 4.78 is 13.9. The van der Waals surface area contributed by atoms with Gasteiger partial charge in [-0.25, -0.2) is 9.37 Å². The summed E-state index contributed by atoms with van der Waals surface area (Å²) in [5.41, 5.74) is 1.96. The maximum absolute atomic E-state index is 13.9. The van der Waals surface area contributed by atoms with Crippen LogP contribution in [0.5, 0.6) is 0 Å². The van der Waals surface area contributed by atoms with Gasteiger partial charge in [-0.3, -0.25) is 4.79 Å². The molecule has 1 amide bonds. The SMILES string of the molecule is CC(C)CNc1ccc(C(=O)N2CCN(c3ccccc3F)CC2)nc1. The van der Waals surface area contributed by atoms with Crippen LogP contribution in [0.3, 0.4) is 0 Å². The number of piperazine rings is 1. The van der Waals surface area contributed by atoms with E-state index in [0.29, 0.717) is 43.5 Å². The van der Waals surface area contributed by atoms with Gasteiger partial charge in [0.05, 0.1) is 17.6 Å². The van der Waals surface area contributed by atoms with Gasteiger partial charge in [0.1, 0.15) is 11.5 Å². The Balaban J connectivity index is 1.57. The van der Waals surface area contributed by atoms with Crippen LogP contribution in [0.4, 0.5) is 15.8 Å². The molecule has 0 bridgehead atoms. The van der Waals surface area contributed by atoms with Crippen LogP contribution in [0.1, 0.15) is 24.3 Å². The van der Waals surface area contributed by atoms with E-state index in [1.165, 1.54) is 6.07 Å². The highest BCUT2D eigenvalue weighted by Gasteiger charge is 2.24. The molecule has 0 aliphatic carbocycles. The summed E-state index contributed by atoms with van der Waals surface area (Å²) in [4.78, 5) is 20.7. The van der Waals surface area contributed by atoms with E-state index < -0.39 is 0 Å². The second-order valence-corrected chi connectivity index (χ2v) is 6.94. The Bertz CT molecular complexity index is 740. The Morgan fingerprint density at radius 1 is 1.15 bits per heavy atom. The summed E-state index contributed by atoms with van der Waals surface area (Å²) in [6.45, 7) is 7.48. The Morgan fingerprint density at radius 3 is 2.50 bits per heavy atom. The average Bonchev–Trinajstić information content (AvgIpc) is 2.67. The highest BCUT2D eigenvalue weighted by molar-refractivity contribution is 5.92. The van der Waals surface area contributed by atoms with E-state index >= 15 is 0 Å². The molecule has 2 aromatic rings. The van der Waals surface area contributed by atoms with E-state index in [9.17, 15) is 9.18 Å². The Labute approximate surface area is 153 Å². The Morgan fingerprint density at radius 2 is 1.88 bits per heavy atom. The summed E-state index contributed by atoms with van der Waals surface area (Å²) in [7, 11) is 0. The first-order chi connectivity index (χ1) is 12.5. The number of carbonyl (C=O) groups excluding carboxylic acids is 1. The van der Waals surface area contributed by atoms with Crippen LogP contribution >= 0.6 is 0 Å². The number of rotatable bonds is 5. The largest absolute Gasteiger partial charge is 0.384 e. The first-order valence-corrected chi connectivity index (χ1v) is 9.03. The summed E-state index contributed by atoms with van der Waals surface area (Å²) >= 11 is 0. The molecular weight excluding hydrogens is 331 g/mol. The first-order valence-electron chi connectivity index (χ1n) is 9.03. The zero-order valence-corrected chi connectivity index (χ0v) is 15.3. The van der Waals surface area contributed by atoms with Gasteiger partial charge in [-0.15, -0.1) is 0 Å². The minimum Gasteiger partial charge on any atom is -0.384 e. The maximum Gasteiger partial charge on any atom is 0.272 e. The van der Waals surface area contributed by atoms with Gasteiger partial charge >= 0.3 is 0 Å². The number of para-hydroxylation sites is 1. The van der Waals surface area contributed by atoms with Gasteiger partial charge < -0.3 is 15.1 Å². The van der Waals surface area contributed by atoms with E-state index in [1.807, 2.05) is 17.0 Å². The van der Waals surface area contributed by atoms with Crippen molar-refractivity contribution in [2.45, 2.75) is 13.8 Å². The fraction of sp³-hybridized carbons (Fsp3) is 0.400. The van der Waals surface area contributed by atoms with Gasteiger partial charge in [-0.2, -0.15) is 0 Å². The van der Waals surface area contributed by atoms with Crippen LogP contribution in [0.15, 0.2) is 42.6 Å². The summed E-state index contributed by atoms with van der Waals surface area (Å²) in [6, 6.07) is 10.4.